The van der Waals surface area contributed by atoms with Crippen LogP contribution in [0.1, 0.15) is 113 Å². The monoisotopic (exact) mass is 1090 g/mol. The van der Waals surface area contributed by atoms with Crippen molar-refractivity contribution in [1.29, 1.82) is 0 Å². The highest BCUT2D eigenvalue weighted by molar-refractivity contribution is 5.79. The molecule has 23 nitrogen and oxygen atoms in total. The fraction of sp³-hybridized carbons (Fsp3) is 0.925. The number of allylic oxidation sites excluding steroid dienone is 2. The van der Waals surface area contributed by atoms with E-state index in [1.165, 1.54) is 5.57 Å². The van der Waals surface area contributed by atoms with Gasteiger partial charge in [-0.2, -0.15) is 0 Å². The molecule has 0 unspecified atom stereocenters. The first-order valence-corrected chi connectivity index (χ1v) is 27.2. The summed E-state index contributed by atoms with van der Waals surface area (Å²) in [6, 6.07) is 0. The third-order valence-electron chi connectivity index (χ3n) is 21.0. The highest BCUT2D eigenvalue weighted by atomic mass is 16.8. The summed E-state index contributed by atoms with van der Waals surface area (Å²) < 4.78 is 47.8. The van der Waals surface area contributed by atoms with Gasteiger partial charge in [-0.05, 0) is 109 Å². The van der Waals surface area contributed by atoms with Crippen LogP contribution in [0.3, 0.4) is 0 Å². The van der Waals surface area contributed by atoms with Crippen LogP contribution in [0.25, 0.3) is 0 Å². The van der Waals surface area contributed by atoms with Crippen LogP contribution in [0.15, 0.2) is 11.6 Å². The van der Waals surface area contributed by atoms with E-state index >= 15 is 0 Å². The van der Waals surface area contributed by atoms with E-state index in [1.54, 1.807) is 0 Å². The first kappa shape index (κ1) is 58.6. The van der Waals surface area contributed by atoms with Crippen molar-refractivity contribution in [1.82, 2.24) is 0 Å². The average molecular weight is 1090 g/mol. The predicted molar refractivity (Wildman–Crippen MR) is 257 cm³/mol. The Hall–Kier alpha value is -2.08. The van der Waals surface area contributed by atoms with E-state index in [2.05, 4.69) is 54.5 Å². The predicted octanol–water partition coefficient (Wildman–Crippen LogP) is -1.30. The summed E-state index contributed by atoms with van der Waals surface area (Å²) in [6.07, 6.45) is -24.4. The molecule has 9 rings (SSSR count). The van der Waals surface area contributed by atoms with Crippen LogP contribution in [0.4, 0.5) is 0 Å². The van der Waals surface area contributed by atoms with Crippen molar-refractivity contribution in [2.45, 2.75) is 235 Å². The first-order chi connectivity index (χ1) is 35.5. The minimum absolute atomic E-state index is 0.0109. The Morgan fingerprint density at radius 2 is 1.09 bits per heavy atom. The van der Waals surface area contributed by atoms with Gasteiger partial charge in [0.15, 0.2) is 25.0 Å². The van der Waals surface area contributed by atoms with Crippen LogP contribution in [-0.2, 0) is 47.5 Å². The molecule has 5 aliphatic carbocycles. The smallest absolute Gasteiger partial charge is 0.335 e. The van der Waals surface area contributed by atoms with Gasteiger partial charge in [0.1, 0.15) is 85.5 Å². The van der Waals surface area contributed by atoms with Crippen molar-refractivity contribution >= 4 is 11.9 Å². The fourth-order valence-electron chi connectivity index (χ4n) is 16.3. The third-order valence-corrected chi connectivity index (χ3v) is 21.0. The lowest BCUT2D eigenvalue weighted by Crippen LogP contribution is -2.68. The molecule has 8 fully saturated rings. The number of aliphatic carboxylic acids is 1. The van der Waals surface area contributed by atoms with Gasteiger partial charge in [0.25, 0.3) is 0 Å². The Kier molecular flexibility index (Phi) is 16.2. The molecule has 4 saturated heterocycles. The molecule has 9 aliphatic rings. The molecule has 0 bridgehead atoms. The maximum absolute atomic E-state index is 14.8. The number of aliphatic hydroxyl groups is 12. The molecule has 0 amide bonds. The number of ether oxygens (including phenoxy) is 8. The van der Waals surface area contributed by atoms with Gasteiger partial charge in [-0.3, -0.25) is 4.79 Å². The number of hydrogen-bond acceptors (Lipinski definition) is 22. The number of carboxylic acids is 1. The van der Waals surface area contributed by atoms with Crippen molar-refractivity contribution in [3.63, 3.8) is 0 Å². The number of hydrogen-bond donors (Lipinski definition) is 13. The van der Waals surface area contributed by atoms with Crippen LogP contribution in [0.5, 0.6) is 0 Å². The molecule has 4 aliphatic heterocycles. The van der Waals surface area contributed by atoms with Crippen molar-refractivity contribution in [2.24, 2.45) is 50.2 Å². The van der Waals surface area contributed by atoms with Crippen molar-refractivity contribution in [2.75, 3.05) is 19.8 Å². The maximum Gasteiger partial charge on any atom is 0.335 e. The second-order valence-corrected chi connectivity index (χ2v) is 25.8. The number of carbonyl (C=O) groups excluding carboxylic acids is 1. The van der Waals surface area contributed by atoms with Gasteiger partial charge in [0, 0.05) is 0 Å². The number of aliphatic hydroxyl groups excluding tert-OH is 12. The van der Waals surface area contributed by atoms with Gasteiger partial charge < -0.3 is 104 Å². The highest BCUT2D eigenvalue weighted by Gasteiger charge is 2.70. The Bertz CT molecular complexity index is 2140. The molecular formula is C53H84O23. The molecule has 4 heterocycles. The SMILES string of the molecule is CC1(C)CC[C@]2(C(=O)O[C@@H]3O[C@H](CO)[C@@H](O)[C@H](O)[C@H]3O)CC[C@]3(C)C(=CC[C@@H]4[C@@]5(C)CC[C@H](O[C@@H]6O[C@H](C(=O)O)[C@@H](O[C@@H]7O[C@@H](CO)[C@H](O)[C@H]7O)[C@H](O)[C@H]6O[C@@H]6O[C@H](CO)[C@H](O)[C@H](O)[C@H]6O)C(C)(C)[C@@H]5CC[C@]43C)[C@@H]2C1. The Morgan fingerprint density at radius 1 is 0.566 bits per heavy atom. The number of esters is 1. The molecule has 13 N–H and O–H groups in total. The minimum atomic E-state index is -2.02. The van der Waals surface area contributed by atoms with E-state index in [9.17, 15) is 76.0 Å². The average Bonchev–Trinajstić information content (AvgIpc) is 3.64. The molecule has 0 aromatic rings. The van der Waals surface area contributed by atoms with E-state index in [4.69, 9.17) is 37.9 Å². The molecule has 23 heteroatoms. The van der Waals surface area contributed by atoms with E-state index in [0.717, 1.165) is 25.7 Å². The number of rotatable bonds is 12. The maximum atomic E-state index is 14.8. The molecule has 0 aromatic heterocycles. The standard InChI is InChI=1S/C53H84O23/c1-48(2)14-16-53(47(68)76-45-37(64)34(61)31(58)25(20-55)71-45)17-15-51(6)22(23(53)18-48)8-9-28-50(5)12-11-29(49(3,4)27(50)10-13-52(28,51)7)72-46-40(74-44-36(63)33(60)30(57)24(19-54)69-44)38(65)39(41(75-46)42(66)67)73-43-35(62)32(59)26(21-56)70-43/h8,23-41,43-46,54-65H,9-21H2,1-7H3,(H,66,67)/t23-,24+,25+,26-,27-,28+,29-,30-,31+,32-,33-,34-,35+,36+,37+,38-,39-,40+,41-,43-,44-,45-,46+,50-,51+,52+,53-/m0/s1. The topological polar surface area (TPSA) is 371 Å². The molecule has 4 saturated carbocycles. The van der Waals surface area contributed by atoms with Crippen LogP contribution in [-0.4, -0.2) is 221 Å². The largest absolute Gasteiger partial charge is 0.479 e. The summed E-state index contributed by atoms with van der Waals surface area (Å²) in [5.41, 5.74) is -1.40. The van der Waals surface area contributed by atoms with Gasteiger partial charge in [0.05, 0.1) is 31.3 Å². The van der Waals surface area contributed by atoms with Gasteiger partial charge in [-0.15, -0.1) is 0 Å². The lowest BCUT2D eigenvalue weighted by molar-refractivity contribution is -0.383. The Balaban J connectivity index is 0.983. The van der Waals surface area contributed by atoms with Gasteiger partial charge in [0.2, 0.25) is 6.29 Å². The quantitative estimate of drug-likeness (QED) is 0.0613. The number of carbonyl (C=O) groups is 2. The molecule has 76 heavy (non-hydrogen) atoms. The fourth-order valence-corrected chi connectivity index (χ4v) is 16.3. The van der Waals surface area contributed by atoms with Crippen LogP contribution < -0.4 is 0 Å². The van der Waals surface area contributed by atoms with Crippen molar-refractivity contribution in [3.8, 4) is 0 Å². The van der Waals surface area contributed by atoms with E-state index in [0.29, 0.717) is 38.5 Å². The molecule has 0 aromatic carbocycles. The molecule has 27 atom stereocenters. The summed E-state index contributed by atoms with van der Waals surface area (Å²) >= 11 is 0. The van der Waals surface area contributed by atoms with Crippen molar-refractivity contribution < 1.29 is 114 Å². The van der Waals surface area contributed by atoms with Crippen LogP contribution in [0, 0.1) is 50.2 Å². The molecule has 0 spiro atoms. The summed E-state index contributed by atoms with van der Waals surface area (Å²) in [6.45, 7) is 13.5. The van der Waals surface area contributed by atoms with Gasteiger partial charge in [-0.25, -0.2) is 4.79 Å². The molecule has 434 valence electrons. The van der Waals surface area contributed by atoms with E-state index in [1.807, 2.05) is 0 Å². The van der Waals surface area contributed by atoms with Crippen LogP contribution >= 0.6 is 0 Å². The van der Waals surface area contributed by atoms with Gasteiger partial charge >= 0.3 is 11.9 Å². The Labute approximate surface area is 442 Å². The Morgan fingerprint density at radius 3 is 1.67 bits per heavy atom. The summed E-state index contributed by atoms with van der Waals surface area (Å²) in [5.74, 6) is -2.19. The minimum Gasteiger partial charge on any atom is -0.479 e. The third kappa shape index (κ3) is 9.33. The van der Waals surface area contributed by atoms with Crippen LogP contribution in [0.2, 0.25) is 0 Å². The molecule has 0 radical (unpaired) electrons. The number of carboxylic acid groups (broad SMARTS) is 1. The number of fused-ring (bicyclic) bond motifs is 7. The lowest BCUT2D eigenvalue weighted by Gasteiger charge is -2.71. The normalized spacial score (nSPS) is 52.8. The zero-order chi connectivity index (χ0) is 55.6. The zero-order valence-electron chi connectivity index (χ0n) is 44.4. The van der Waals surface area contributed by atoms with E-state index in [-0.39, 0.29) is 39.4 Å². The second-order valence-electron chi connectivity index (χ2n) is 25.8. The summed E-state index contributed by atoms with van der Waals surface area (Å²) in [4.78, 5) is 27.8. The van der Waals surface area contributed by atoms with Gasteiger partial charge in [-0.1, -0.05) is 60.1 Å². The van der Waals surface area contributed by atoms with E-state index < -0.39 is 165 Å². The summed E-state index contributed by atoms with van der Waals surface area (Å²) in [7, 11) is 0. The van der Waals surface area contributed by atoms with Crippen molar-refractivity contribution in [3.05, 3.63) is 11.6 Å². The summed E-state index contributed by atoms with van der Waals surface area (Å²) in [5, 5.41) is 138. The second kappa shape index (κ2) is 21.0. The highest BCUT2D eigenvalue weighted by Crippen LogP contribution is 2.76. The molecular weight excluding hydrogens is 1000 g/mol. The zero-order valence-corrected chi connectivity index (χ0v) is 44.4. The first-order valence-electron chi connectivity index (χ1n) is 27.2. The lowest BCUT2D eigenvalue weighted by atomic mass is 9.33.